The Hall–Kier alpha value is -1.59. The molecule has 1 aromatic rings. The molecule has 0 radical (unpaired) electrons. The number of aromatic hydroxyl groups is 1. The zero-order valence-electron chi connectivity index (χ0n) is 9.42. The summed E-state index contributed by atoms with van der Waals surface area (Å²) in [5.41, 5.74) is 6.98. The second-order valence-corrected chi connectivity index (χ2v) is 3.77. The minimum Gasteiger partial charge on any atom is -0.508 e. The molecule has 6 heteroatoms. The molecule has 5 nitrogen and oxygen atoms in total. The summed E-state index contributed by atoms with van der Waals surface area (Å²) < 4.78 is 0. The van der Waals surface area contributed by atoms with Crippen LogP contribution in [0.3, 0.4) is 0 Å². The van der Waals surface area contributed by atoms with Crippen molar-refractivity contribution in [2.75, 3.05) is 0 Å². The topological polar surface area (TPSA) is 89.4 Å². The summed E-state index contributed by atoms with van der Waals surface area (Å²) in [6.07, 6.45) is 0.481. The van der Waals surface area contributed by atoms with Crippen molar-refractivity contribution in [3.63, 3.8) is 0 Å². The lowest BCUT2D eigenvalue weighted by atomic mass is 10.00. The molecule has 1 atom stereocenters. The van der Waals surface area contributed by atoms with Gasteiger partial charge in [0, 0.05) is 23.7 Å². The van der Waals surface area contributed by atoms with Crippen LogP contribution < -0.4 is 5.73 Å². The molecule has 1 rings (SSSR count). The lowest BCUT2D eigenvalue weighted by molar-refractivity contribution is -0.385. The Morgan fingerprint density at radius 3 is 2.71 bits per heavy atom. The summed E-state index contributed by atoms with van der Waals surface area (Å²) in [5, 5.41) is 20.1. The smallest absolute Gasteiger partial charge is 0.270 e. The molecular formula is C11H15ClN2O3. The molecular weight excluding hydrogens is 244 g/mol. The molecule has 0 aliphatic carbocycles. The fraction of sp³-hybridized carbons (Fsp3) is 0.273. The van der Waals surface area contributed by atoms with Crippen molar-refractivity contribution in [1.29, 1.82) is 0 Å². The molecule has 0 unspecified atom stereocenters. The van der Waals surface area contributed by atoms with Crippen LogP contribution in [0, 0.1) is 10.1 Å². The number of nitro benzene ring substituents is 1. The van der Waals surface area contributed by atoms with E-state index in [4.69, 9.17) is 5.73 Å². The SMILES string of the molecule is C=C(C)C[C@H](N)c1cc([N+](=O)[O-])ccc1O.Cl. The fourth-order valence-corrected chi connectivity index (χ4v) is 1.44. The van der Waals surface area contributed by atoms with Crippen LogP contribution in [-0.4, -0.2) is 10.0 Å². The third kappa shape index (κ3) is 4.05. The summed E-state index contributed by atoms with van der Waals surface area (Å²) in [7, 11) is 0. The van der Waals surface area contributed by atoms with Crippen molar-refractivity contribution in [2.45, 2.75) is 19.4 Å². The van der Waals surface area contributed by atoms with Crippen LogP contribution in [0.15, 0.2) is 30.4 Å². The lowest BCUT2D eigenvalue weighted by Gasteiger charge is -2.13. The fourth-order valence-electron chi connectivity index (χ4n) is 1.44. The van der Waals surface area contributed by atoms with Gasteiger partial charge in [-0.1, -0.05) is 5.57 Å². The van der Waals surface area contributed by atoms with Crippen molar-refractivity contribution < 1.29 is 10.0 Å². The maximum absolute atomic E-state index is 10.6. The lowest BCUT2D eigenvalue weighted by Crippen LogP contribution is -2.11. The number of nitro groups is 1. The van der Waals surface area contributed by atoms with Gasteiger partial charge in [0.25, 0.3) is 5.69 Å². The number of hydrogen-bond donors (Lipinski definition) is 2. The molecule has 17 heavy (non-hydrogen) atoms. The largest absolute Gasteiger partial charge is 0.508 e. The third-order valence-corrected chi connectivity index (χ3v) is 2.19. The summed E-state index contributed by atoms with van der Waals surface area (Å²) in [4.78, 5) is 10.1. The summed E-state index contributed by atoms with van der Waals surface area (Å²) in [6, 6.07) is 3.35. The second kappa shape index (κ2) is 6.22. The van der Waals surface area contributed by atoms with E-state index in [-0.39, 0.29) is 23.8 Å². The van der Waals surface area contributed by atoms with Crippen molar-refractivity contribution in [3.8, 4) is 5.75 Å². The first-order chi connectivity index (χ1) is 7.41. The van der Waals surface area contributed by atoms with Gasteiger partial charge < -0.3 is 10.8 Å². The molecule has 0 heterocycles. The van der Waals surface area contributed by atoms with Gasteiger partial charge in [-0.2, -0.15) is 0 Å². The van der Waals surface area contributed by atoms with Crippen LogP contribution in [0.5, 0.6) is 5.75 Å². The first-order valence-corrected chi connectivity index (χ1v) is 4.79. The third-order valence-electron chi connectivity index (χ3n) is 2.19. The van der Waals surface area contributed by atoms with Gasteiger partial charge in [-0.15, -0.1) is 19.0 Å². The summed E-state index contributed by atoms with van der Waals surface area (Å²) in [6.45, 7) is 5.53. The van der Waals surface area contributed by atoms with E-state index < -0.39 is 11.0 Å². The van der Waals surface area contributed by atoms with Crippen molar-refractivity contribution >= 4 is 18.1 Å². The molecule has 0 fully saturated rings. The van der Waals surface area contributed by atoms with Crippen molar-refractivity contribution in [2.24, 2.45) is 5.73 Å². The Bertz CT molecular complexity index is 435. The van der Waals surface area contributed by atoms with Crippen molar-refractivity contribution in [3.05, 3.63) is 46.0 Å². The predicted molar refractivity (Wildman–Crippen MR) is 68.4 cm³/mol. The molecule has 94 valence electrons. The normalized spacial score (nSPS) is 11.4. The van der Waals surface area contributed by atoms with Crippen molar-refractivity contribution in [1.82, 2.24) is 0 Å². The van der Waals surface area contributed by atoms with E-state index >= 15 is 0 Å². The highest BCUT2D eigenvalue weighted by atomic mass is 35.5. The van der Waals surface area contributed by atoms with Gasteiger partial charge in [-0.3, -0.25) is 10.1 Å². The number of halogens is 1. The number of non-ortho nitro benzene ring substituents is 1. The van der Waals surface area contributed by atoms with Gasteiger partial charge in [-0.25, -0.2) is 0 Å². The van der Waals surface area contributed by atoms with Gasteiger partial charge in [0.05, 0.1) is 4.92 Å². The van der Waals surface area contributed by atoms with Crippen LogP contribution in [0.4, 0.5) is 5.69 Å². The summed E-state index contributed by atoms with van der Waals surface area (Å²) >= 11 is 0. The average molecular weight is 259 g/mol. The maximum atomic E-state index is 10.6. The number of rotatable bonds is 4. The van der Waals surface area contributed by atoms with Gasteiger partial charge in [0.15, 0.2) is 0 Å². The molecule has 0 aromatic heterocycles. The zero-order valence-corrected chi connectivity index (χ0v) is 10.2. The Labute approximate surface area is 106 Å². The maximum Gasteiger partial charge on any atom is 0.270 e. The molecule has 0 aliphatic heterocycles. The van der Waals surface area contributed by atoms with E-state index in [0.717, 1.165) is 5.57 Å². The number of hydrogen-bond acceptors (Lipinski definition) is 4. The average Bonchev–Trinajstić information content (AvgIpc) is 2.16. The number of phenolic OH excluding ortho intramolecular Hbond substituents is 1. The van der Waals surface area contributed by atoms with Crippen LogP contribution in [0.1, 0.15) is 24.9 Å². The molecule has 3 N–H and O–H groups in total. The quantitative estimate of drug-likeness (QED) is 0.494. The highest BCUT2D eigenvalue weighted by Crippen LogP contribution is 2.29. The van der Waals surface area contributed by atoms with Crippen LogP contribution in [-0.2, 0) is 0 Å². The minimum atomic E-state index is -0.517. The highest BCUT2D eigenvalue weighted by Gasteiger charge is 2.15. The van der Waals surface area contributed by atoms with E-state index in [1.807, 2.05) is 6.92 Å². The second-order valence-electron chi connectivity index (χ2n) is 3.77. The van der Waals surface area contributed by atoms with E-state index in [2.05, 4.69) is 6.58 Å². The first kappa shape index (κ1) is 15.4. The summed E-state index contributed by atoms with van der Waals surface area (Å²) in [5.74, 6) is -0.0284. The van der Waals surface area contributed by atoms with Gasteiger partial charge in [0.2, 0.25) is 0 Å². The molecule has 0 bridgehead atoms. The minimum absolute atomic E-state index is 0. The van der Waals surface area contributed by atoms with E-state index in [9.17, 15) is 15.2 Å². The Morgan fingerprint density at radius 2 is 2.24 bits per heavy atom. The number of benzene rings is 1. The van der Waals surface area contributed by atoms with Crippen LogP contribution in [0.25, 0.3) is 0 Å². The van der Waals surface area contributed by atoms with E-state index in [1.54, 1.807) is 0 Å². The number of phenols is 1. The standard InChI is InChI=1S/C11H14N2O3.ClH/c1-7(2)5-10(12)9-6-8(13(15)16)3-4-11(9)14;/h3-4,6,10,14H,1,5,12H2,2H3;1H/t10-;/m0./s1. The molecule has 0 saturated heterocycles. The van der Waals surface area contributed by atoms with Crippen LogP contribution >= 0.6 is 12.4 Å². The molecule has 0 spiro atoms. The Balaban J connectivity index is 0.00000256. The monoisotopic (exact) mass is 258 g/mol. The van der Waals surface area contributed by atoms with Crippen LogP contribution in [0.2, 0.25) is 0 Å². The Kier molecular flexibility index (Phi) is 5.64. The van der Waals surface area contributed by atoms with Gasteiger partial charge >= 0.3 is 0 Å². The highest BCUT2D eigenvalue weighted by molar-refractivity contribution is 5.85. The predicted octanol–water partition coefficient (Wildman–Crippen LogP) is 2.69. The van der Waals surface area contributed by atoms with E-state index in [0.29, 0.717) is 12.0 Å². The molecule has 0 amide bonds. The molecule has 0 saturated carbocycles. The Morgan fingerprint density at radius 1 is 1.65 bits per heavy atom. The molecule has 1 aromatic carbocycles. The number of nitrogens with zero attached hydrogens (tertiary/aromatic N) is 1. The van der Waals surface area contributed by atoms with Gasteiger partial charge in [-0.05, 0) is 19.4 Å². The van der Waals surface area contributed by atoms with Gasteiger partial charge in [0.1, 0.15) is 5.75 Å². The molecule has 0 aliphatic rings. The zero-order chi connectivity index (χ0) is 12.3. The number of nitrogens with two attached hydrogens (primary N) is 1. The first-order valence-electron chi connectivity index (χ1n) is 4.79. The van der Waals surface area contributed by atoms with E-state index in [1.165, 1.54) is 18.2 Å².